The Labute approximate surface area is 135 Å². The first-order valence-electron chi connectivity index (χ1n) is 7.62. The topological polar surface area (TPSA) is 88.0 Å². The number of nitrogens with zero attached hydrogens (tertiary/aromatic N) is 1. The zero-order chi connectivity index (χ0) is 17.2. The van der Waals surface area contributed by atoms with Crippen LogP contribution < -0.4 is 15.5 Å². The maximum Gasteiger partial charge on any atom is 0.179 e. The van der Waals surface area contributed by atoms with E-state index in [0.717, 1.165) is 6.54 Å². The van der Waals surface area contributed by atoms with Gasteiger partial charge in [-0.1, -0.05) is 0 Å². The second-order valence-corrected chi connectivity index (χ2v) is 5.72. The highest BCUT2D eigenvalue weighted by atomic mass is 19.1. The van der Waals surface area contributed by atoms with Crippen molar-refractivity contribution >= 4 is 11.4 Å². The lowest BCUT2D eigenvalue weighted by Crippen LogP contribution is -2.36. The van der Waals surface area contributed by atoms with Crippen LogP contribution in [0.15, 0.2) is 23.9 Å². The largest absolute Gasteiger partial charge is 0.381 e. The standard InChI is InChI=1S/C16H24FN3O3/c1-4-20(6-5-18-3)14-8-13-10(7-12(14)17)16(2,23)11(9-19-13)15(21)22/h7-9,15,18-19,21-23H,4-6H2,1-3H3. The van der Waals surface area contributed by atoms with Crippen LogP contribution in [0.3, 0.4) is 0 Å². The average Bonchev–Trinajstić information content (AvgIpc) is 2.48. The molecule has 128 valence electrons. The van der Waals surface area contributed by atoms with Gasteiger partial charge in [0.15, 0.2) is 6.29 Å². The van der Waals surface area contributed by atoms with Gasteiger partial charge in [0, 0.05) is 42.7 Å². The molecule has 2 rings (SSSR count). The molecule has 0 aromatic heterocycles. The van der Waals surface area contributed by atoms with Crippen molar-refractivity contribution in [3.05, 3.63) is 35.3 Å². The van der Waals surface area contributed by atoms with Crippen LogP contribution in [0.1, 0.15) is 19.4 Å². The maximum atomic E-state index is 14.6. The van der Waals surface area contributed by atoms with Crippen molar-refractivity contribution in [2.45, 2.75) is 25.7 Å². The average molecular weight is 325 g/mol. The van der Waals surface area contributed by atoms with Gasteiger partial charge in [-0.05, 0) is 33.0 Å². The van der Waals surface area contributed by atoms with Crippen LogP contribution in [-0.4, -0.2) is 48.3 Å². The van der Waals surface area contributed by atoms with Gasteiger partial charge >= 0.3 is 0 Å². The summed E-state index contributed by atoms with van der Waals surface area (Å²) >= 11 is 0. The third kappa shape index (κ3) is 3.32. The molecule has 0 spiro atoms. The van der Waals surface area contributed by atoms with Gasteiger partial charge in [0.25, 0.3) is 0 Å². The van der Waals surface area contributed by atoms with Gasteiger partial charge in [0.05, 0.1) is 5.69 Å². The van der Waals surface area contributed by atoms with Crippen molar-refractivity contribution in [3.8, 4) is 0 Å². The number of halogens is 1. The molecular formula is C16H24FN3O3. The van der Waals surface area contributed by atoms with Crippen molar-refractivity contribution in [2.75, 3.05) is 36.9 Å². The third-order valence-corrected chi connectivity index (χ3v) is 4.19. The van der Waals surface area contributed by atoms with Gasteiger partial charge in [-0.25, -0.2) is 4.39 Å². The first kappa shape index (κ1) is 17.7. The quantitative estimate of drug-likeness (QED) is 0.495. The first-order chi connectivity index (χ1) is 10.8. The molecule has 1 aromatic carbocycles. The molecule has 1 atom stereocenters. The Morgan fingerprint density at radius 1 is 1.39 bits per heavy atom. The monoisotopic (exact) mass is 325 g/mol. The first-order valence-corrected chi connectivity index (χ1v) is 7.62. The third-order valence-electron chi connectivity index (χ3n) is 4.19. The molecule has 23 heavy (non-hydrogen) atoms. The number of hydrogen-bond acceptors (Lipinski definition) is 6. The van der Waals surface area contributed by atoms with E-state index in [1.807, 2.05) is 18.9 Å². The minimum absolute atomic E-state index is 0.0281. The SMILES string of the molecule is CCN(CCNC)c1cc2c(cc1F)C(C)(O)C(C(O)O)=CN2. The fourth-order valence-corrected chi connectivity index (χ4v) is 2.80. The number of likely N-dealkylation sites (N-methyl/N-ethyl adjacent to an activating group) is 2. The normalized spacial score (nSPS) is 20.1. The van der Waals surface area contributed by atoms with Crippen molar-refractivity contribution in [3.63, 3.8) is 0 Å². The number of fused-ring (bicyclic) bond motifs is 1. The summed E-state index contributed by atoms with van der Waals surface area (Å²) in [5.41, 5.74) is -0.436. The molecule has 1 unspecified atom stereocenters. The Kier molecular flexibility index (Phi) is 5.26. The van der Waals surface area contributed by atoms with Crippen LogP contribution in [0, 0.1) is 5.82 Å². The van der Waals surface area contributed by atoms with Crippen LogP contribution in [0.5, 0.6) is 0 Å². The van der Waals surface area contributed by atoms with Crippen molar-refractivity contribution in [1.82, 2.24) is 5.32 Å². The molecule has 0 amide bonds. The lowest BCUT2D eigenvalue weighted by atomic mass is 9.84. The predicted molar refractivity (Wildman–Crippen MR) is 87.7 cm³/mol. The molecule has 1 aliphatic heterocycles. The van der Waals surface area contributed by atoms with Crippen LogP contribution >= 0.6 is 0 Å². The molecule has 5 N–H and O–H groups in total. The van der Waals surface area contributed by atoms with Gasteiger partial charge in [-0.2, -0.15) is 0 Å². The van der Waals surface area contributed by atoms with E-state index < -0.39 is 17.7 Å². The summed E-state index contributed by atoms with van der Waals surface area (Å²) in [6.07, 6.45) is -0.477. The summed E-state index contributed by atoms with van der Waals surface area (Å²) in [5, 5.41) is 35.3. The van der Waals surface area contributed by atoms with Crippen LogP contribution in [0.2, 0.25) is 0 Å². The number of anilines is 2. The molecule has 0 bridgehead atoms. The van der Waals surface area contributed by atoms with E-state index in [4.69, 9.17) is 0 Å². The zero-order valence-corrected chi connectivity index (χ0v) is 13.6. The summed E-state index contributed by atoms with van der Waals surface area (Å²) in [4.78, 5) is 1.89. The van der Waals surface area contributed by atoms with Crippen LogP contribution in [0.4, 0.5) is 15.8 Å². The van der Waals surface area contributed by atoms with Crippen molar-refractivity contribution in [1.29, 1.82) is 0 Å². The minimum Gasteiger partial charge on any atom is -0.381 e. The van der Waals surface area contributed by atoms with Gasteiger partial charge in [0.1, 0.15) is 11.4 Å². The van der Waals surface area contributed by atoms with E-state index in [0.29, 0.717) is 24.5 Å². The molecular weight excluding hydrogens is 301 g/mol. The van der Waals surface area contributed by atoms with E-state index in [2.05, 4.69) is 10.6 Å². The Balaban J connectivity index is 2.43. The lowest BCUT2D eigenvalue weighted by molar-refractivity contribution is -0.0452. The molecule has 1 aliphatic rings. The predicted octanol–water partition coefficient (Wildman–Crippen LogP) is 0.699. The van der Waals surface area contributed by atoms with Gasteiger partial charge in [-0.3, -0.25) is 0 Å². The highest BCUT2D eigenvalue weighted by Crippen LogP contribution is 2.41. The molecule has 1 heterocycles. The summed E-state index contributed by atoms with van der Waals surface area (Å²) < 4.78 is 14.6. The molecule has 0 fully saturated rings. The van der Waals surface area contributed by atoms with Crippen LogP contribution in [-0.2, 0) is 5.60 Å². The van der Waals surface area contributed by atoms with E-state index in [1.54, 1.807) is 6.07 Å². The van der Waals surface area contributed by atoms with Gasteiger partial charge < -0.3 is 30.9 Å². The molecule has 0 saturated heterocycles. The lowest BCUT2D eigenvalue weighted by Gasteiger charge is -2.35. The van der Waals surface area contributed by atoms with Crippen molar-refractivity contribution in [2.24, 2.45) is 0 Å². The van der Waals surface area contributed by atoms with E-state index in [-0.39, 0.29) is 11.1 Å². The van der Waals surface area contributed by atoms with E-state index >= 15 is 0 Å². The Hall–Kier alpha value is -1.67. The number of nitrogens with one attached hydrogen (secondary N) is 2. The van der Waals surface area contributed by atoms with Gasteiger partial charge in [-0.15, -0.1) is 0 Å². The molecule has 0 aliphatic carbocycles. The molecule has 6 nitrogen and oxygen atoms in total. The summed E-state index contributed by atoms with van der Waals surface area (Å²) in [7, 11) is 1.84. The second kappa shape index (κ2) is 6.84. The second-order valence-electron chi connectivity index (χ2n) is 5.72. The summed E-state index contributed by atoms with van der Waals surface area (Å²) in [6, 6.07) is 2.88. The smallest absolute Gasteiger partial charge is 0.179 e. The van der Waals surface area contributed by atoms with E-state index in [1.165, 1.54) is 19.2 Å². The fourth-order valence-electron chi connectivity index (χ4n) is 2.80. The highest BCUT2D eigenvalue weighted by molar-refractivity contribution is 5.69. The Morgan fingerprint density at radius 3 is 2.65 bits per heavy atom. The number of benzene rings is 1. The van der Waals surface area contributed by atoms with Gasteiger partial charge in [0.2, 0.25) is 0 Å². The number of hydrogen-bond donors (Lipinski definition) is 5. The Morgan fingerprint density at radius 2 is 2.09 bits per heavy atom. The molecule has 0 radical (unpaired) electrons. The fraction of sp³-hybridized carbons (Fsp3) is 0.500. The number of rotatable bonds is 6. The summed E-state index contributed by atoms with van der Waals surface area (Å²) in [6.45, 7) is 5.37. The zero-order valence-electron chi connectivity index (χ0n) is 13.6. The maximum absolute atomic E-state index is 14.6. The Bertz CT molecular complexity index is 602. The van der Waals surface area contributed by atoms with E-state index in [9.17, 15) is 19.7 Å². The number of aliphatic hydroxyl groups is 3. The molecule has 7 heteroatoms. The van der Waals surface area contributed by atoms with Crippen LogP contribution in [0.25, 0.3) is 0 Å². The highest BCUT2D eigenvalue weighted by Gasteiger charge is 2.37. The molecule has 1 aromatic rings. The minimum atomic E-state index is -1.82. The summed E-state index contributed by atoms with van der Waals surface area (Å²) in [5.74, 6) is -0.461. The number of aliphatic hydroxyl groups excluding tert-OH is 1. The molecule has 0 saturated carbocycles. The van der Waals surface area contributed by atoms with Crippen molar-refractivity contribution < 1.29 is 19.7 Å².